The van der Waals surface area contributed by atoms with Crippen molar-refractivity contribution in [1.82, 2.24) is 10.6 Å². The number of halogens is 1. The second-order valence-corrected chi connectivity index (χ2v) is 7.73. The molecule has 9 heteroatoms. The summed E-state index contributed by atoms with van der Waals surface area (Å²) in [5.74, 6) is 1.76. The van der Waals surface area contributed by atoms with Crippen LogP contribution < -0.4 is 30.7 Å². The number of carbonyl (C=O) groups is 1. The van der Waals surface area contributed by atoms with E-state index in [1.807, 2.05) is 30.3 Å². The highest BCUT2D eigenvalue weighted by atomic mass is 127. The fourth-order valence-corrected chi connectivity index (χ4v) is 3.71. The minimum Gasteiger partial charge on any atom is -0.497 e. The van der Waals surface area contributed by atoms with Crippen LogP contribution in [0.2, 0.25) is 0 Å². The largest absolute Gasteiger partial charge is 0.497 e. The number of piperidine rings is 1. The van der Waals surface area contributed by atoms with Crippen molar-refractivity contribution in [2.24, 2.45) is 10.7 Å². The third-order valence-electron chi connectivity index (χ3n) is 5.22. The normalized spacial score (nSPS) is 15.9. The zero-order chi connectivity index (χ0) is 22.8. The van der Waals surface area contributed by atoms with Gasteiger partial charge in [0, 0.05) is 37.4 Å². The SMILES string of the molecule is CCNC(=NCc1cccc(OCC(N)=O)c1)NC1CCCN(c2cccc(OC)c2)C1.I. The van der Waals surface area contributed by atoms with Gasteiger partial charge < -0.3 is 30.7 Å². The van der Waals surface area contributed by atoms with E-state index >= 15 is 0 Å². The van der Waals surface area contributed by atoms with Crippen molar-refractivity contribution in [3.63, 3.8) is 0 Å². The molecule has 8 nitrogen and oxygen atoms in total. The van der Waals surface area contributed by atoms with Gasteiger partial charge in [0.05, 0.1) is 13.7 Å². The van der Waals surface area contributed by atoms with Crippen LogP contribution >= 0.6 is 24.0 Å². The van der Waals surface area contributed by atoms with Crippen LogP contribution in [0.5, 0.6) is 11.5 Å². The smallest absolute Gasteiger partial charge is 0.255 e. The van der Waals surface area contributed by atoms with Gasteiger partial charge in [-0.3, -0.25) is 4.79 Å². The molecule has 1 heterocycles. The first kappa shape index (κ1) is 26.6. The lowest BCUT2D eigenvalue weighted by atomic mass is 10.0. The van der Waals surface area contributed by atoms with Gasteiger partial charge in [0.25, 0.3) is 5.91 Å². The Balaban J connectivity index is 0.00000385. The van der Waals surface area contributed by atoms with Gasteiger partial charge in [-0.15, -0.1) is 24.0 Å². The number of methoxy groups -OCH3 is 1. The van der Waals surface area contributed by atoms with E-state index < -0.39 is 5.91 Å². The van der Waals surface area contributed by atoms with Crippen molar-refractivity contribution in [2.75, 3.05) is 38.3 Å². The zero-order valence-corrected chi connectivity index (χ0v) is 21.6. The molecule has 1 atom stereocenters. The first-order valence-electron chi connectivity index (χ1n) is 11.0. The summed E-state index contributed by atoms with van der Waals surface area (Å²) in [4.78, 5) is 18.1. The average Bonchev–Trinajstić information content (AvgIpc) is 2.82. The Hall–Kier alpha value is -2.69. The fourth-order valence-electron chi connectivity index (χ4n) is 3.71. The van der Waals surface area contributed by atoms with E-state index in [2.05, 4.69) is 34.6 Å². The van der Waals surface area contributed by atoms with E-state index in [1.54, 1.807) is 13.2 Å². The molecule has 0 aliphatic carbocycles. The highest BCUT2D eigenvalue weighted by Gasteiger charge is 2.21. The second-order valence-electron chi connectivity index (χ2n) is 7.73. The summed E-state index contributed by atoms with van der Waals surface area (Å²) >= 11 is 0. The topological polar surface area (TPSA) is 101 Å². The highest BCUT2D eigenvalue weighted by molar-refractivity contribution is 14.0. The maximum Gasteiger partial charge on any atom is 0.255 e. The van der Waals surface area contributed by atoms with Crippen LogP contribution in [0.1, 0.15) is 25.3 Å². The molecule has 0 bridgehead atoms. The number of rotatable bonds is 9. The van der Waals surface area contributed by atoms with Gasteiger partial charge in [0.2, 0.25) is 0 Å². The molecule has 1 aliphatic heterocycles. The van der Waals surface area contributed by atoms with Crippen molar-refractivity contribution in [1.29, 1.82) is 0 Å². The van der Waals surface area contributed by atoms with Crippen molar-refractivity contribution in [2.45, 2.75) is 32.4 Å². The van der Waals surface area contributed by atoms with Gasteiger partial charge in [-0.1, -0.05) is 18.2 Å². The third kappa shape index (κ3) is 8.64. The number of aliphatic imine (C=N–C) groups is 1. The predicted molar refractivity (Wildman–Crippen MR) is 143 cm³/mol. The summed E-state index contributed by atoms with van der Waals surface area (Å²) in [7, 11) is 1.69. The molecule has 180 valence electrons. The van der Waals surface area contributed by atoms with Gasteiger partial charge in [-0.25, -0.2) is 4.99 Å². The summed E-state index contributed by atoms with van der Waals surface area (Å²) in [5.41, 5.74) is 7.31. The Morgan fingerprint density at radius 1 is 1.21 bits per heavy atom. The molecule has 1 saturated heterocycles. The summed E-state index contributed by atoms with van der Waals surface area (Å²) < 4.78 is 10.8. The molecule has 33 heavy (non-hydrogen) atoms. The maximum absolute atomic E-state index is 10.9. The number of hydrogen-bond donors (Lipinski definition) is 3. The molecule has 0 radical (unpaired) electrons. The number of nitrogens with zero attached hydrogens (tertiary/aromatic N) is 2. The molecule has 3 rings (SSSR count). The molecule has 0 aromatic heterocycles. The molecule has 1 aliphatic rings. The van der Waals surface area contributed by atoms with Crippen LogP contribution in [-0.2, 0) is 11.3 Å². The number of hydrogen-bond acceptors (Lipinski definition) is 5. The van der Waals surface area contributed by atoms with E-state index in [-0.39, 0.29) is 36.6 Å². The number of anilines is 1. The monoisotopic (exact) mass is 567 g/mol. The Morgan fingerprint density at radius 3 is 2.76 bits per heavy atom. The molecule has 0 spiro atoms. The van der Waals surface area contributed by atoms with Crippen molar-refractivity contribution in [3.8, 4) is 11.5 Å². The van der Waals surface area contributed by atoms with Gasteiger partial charge in [0.1, 0.15) is 11.5 Å². The minimum absolute atomic E-state index is 0. The summed E-state index contributed by atoms with van der Waals surface area (Å²) in [5, 5.41) is 6.92. The van der Waals surface area contributed by atoms with E-state index in [0.717, 1.165) is 49.7 Å². The molecule has 0 saturated carbocycles. The number of nitrogens with two attached hydrogens (primary N) is 1. The number of primary amides is 1. The first-order chi connectivity index (χ1) is 15.6. The third-order valence-corrected chi connectivity index (χ3v) is 5.22. The predicted octanol–water partition coefficient (Wildman–Crippen LogP) is 2.90. The summed E-state index contributed by atoms with van der Waals surface area (Å²) in [6, 6.07) is 16.0. The van der Waals surface area contributed by atoms with Crippen molar-refractivity contribution >= 4 is 41.5 Å². The second kappa shape index (κ2) is 13.8. The Bertz CT molecular complexity index is 924. The molecular formula is C24H34IN5O3. The Labute approximate surface area is 212 Å². The Morgan fingerprint density at radius 2 is 2.00 bits per heavy atom. The number of carbonyl (C=O) groups excluding carboxylic acids is 1. The van der Waals surface area contributed by atoms with Crippen LogP contribution in [0.3, 0.4) is 0 Å². The van der Waals surface area contributed by atoms with E-state index in [9.17, 15) is 4.79 Å². The van der Waals surface area contributed by atoms with Crippen LogP contribution in [-0.4, -0.2) is 51.3 Å². The molecule has 1 amide bonds. The zero-order valence-electron chi connectivity index (χ0n) is 19.3. The van der Waals surface area contributed by atoms with E-state index in [0.29, 0.717) is 12.3 Å². The van der Waals surface area contributed by atoms with Crippen molar-refractivity contribution in [3.05, 3.63) is 54.1 Å². The number of guanidine groups is 1. The number of benzene rings is 2. The highest BCUT2D eigenvalue weighted by Crippen LogP contribution is 2.24. The van der Waals surface area contributed by atoms with Gasteiger partial charge >= 0.3 is 0 Å². The number of nitrogens with one attached hydrogen (secondary N) is 2. The molecule has 1 unspecified atom stereocenters. The minimum atomic E-state index is -0.498. The quantitative estimate of drug-likeness (QED) is 0.245. The molecule has 1 fully saturated rings. The lowest BCUT2D eigenvalue weighted by Crippen LogP contribution is -2.51. The summed E-state index contributed by atoms with van der Waals surface area (Å²) in [6.07, 6.45) is 2.19. The molecule has 2 aromatic rings. The molecular weight excluding hydrogens is 533 g/mol. The number of ether oxygens (including phenoxy) is 2. The van der Waals surface area contributed by atoms with Crippen LogP contribution in [0.25, 0.3) is 0 Å². The first-order valence-corrected chi connectivity index (χ1v) is 11.0. The van der Waals surface area contributed by atoms with E-state index in [4.69, 9.17) is 20.2 Å². The molecule has 4 N–H and O–H groups in total. The van der Waals surface area contributed by atoms with Gasteiger partial charge in [-0.05, 0) is 49.6 Å². The van der Waals surface area contributed by atoms with Crippen LogP contribution in [0.15, 0.2) is 53.5 Å². The standard InChI is InChI=1S/C24H33N5O3.HI/c1-3-26-24(27-15-18-7-4-11-22(13-18)32-17-23(25)30)28-19-8-6-12-29(16-19)20-9-5-10-21(14-20)31-2;/h4-5,7,9-11,13-14,19H,3,6,8,12,15-17H2,1-2H3,(H2,25,30)(H2,26,27,28);1H. The van der Waals surface area contributed by atoms with Crippen molar-refractivity contribution < 1.29 is 14.3 Å². The lowest BCUT2D eigenvalue weighted by Gasteiger charge is -2.35. The van der Waals surface area contributed by atoms with Crippen LogP contribution in [0, 0.1) is 0 Å². The van der Waals surface area contributed by atoms with Gasteiger partial charge in [-0.2, -0.15) is 0 Å². The Kier molecular flexibility index (Phi) is 11.1. The average molecular weight is 567 g/mol. The fraction of sp³-hybridized carbons (Fsp3) is 0.417. The lowest BCUT2D eigenvalue weighted by molar-refractivity contribution is -0.119. The van der Waals surface area contributed by atoms with Gasteiger partial charge in [0.15, 0.2) is 12.6 Å². The maximum atomic E-state index is 10.9. The van der Waals surface area contributed by atoms with E-state index in [1.165, 1.54) is 5.69 Å². The van der Waals surface area contributed by atoms with Crippen LogP contribution in [0.4, 0.5) is 5.69 Å². The number of amides is 1. The molecule has 2 aromatic carbocycles. The summed E-state index contributed by atoms with van der Waals surface area (Å²) in [6.45, 7) is 5.11.